The van der Waals surface area contributed by atoms with Crippen LogP contribution in [0.5, 0.6) is 0 Å². The molecule has 2 aromatic rings. The van der Waals surface area contributed by atoms with E-state index in [0.717, 1.165) is 17.4 Å². The van der Waals surface area contributed by atoms with E-state index in [0.29, 0.717) is 5.92 Å². The van der Waals surface area contributed by atoms with Gasteiger partial charge in [-0.25, -0.2) is 4.39 Å². The first-order chi connectivity index (χ1) is 7.15. The number of nitrogens with zero attached hydrogens (tertiary/aromatic N) is 1. The van der Waals surface area contributed by atoms with Gasteiger partial charge in [0.1, 0.15) is 5.82 Å². The van der Waals surface area contributed by atoms with Crippen molar-refractivity contribution in [2.75, 3.05) is 0 Å². The lowest BCUT2D eigenvalue weighted by Crippen LogP contribution is -1.92. The summed E-state index contributed by atoms with van der Waals surface area (Å²) in [7, 11) is 0. The van der Waals surface area contributed by atoms with Crippen LogP contribution in [-0.4, -0.2) is 4.57 Å². The summed E-state index contributed by atoms with van der Waals surface area (Å²) in [6, 6.07) is 5.31. The minimum Gasteiger partial charge on any atom is -0.345 e. The van der Waals surface area contributed by atoms with E-state index in [2.05, 4.69) is 20.0 Å². The Kier molecular flexibility index (Phi) is 2.51. The van der Waals surface area contributed by atoms with Gasteiger partial charge in [-0.2, -0.15) is 0 Å². The van der Waals surface area contributed by atoms with Crippen LogP contribution < -0.4 is 0 Å². The third-order valence-corrected chi connectivity index (χ3v) is 2.84. The molecule has 0 unspecified atom stereocenters. The Hall–Kier alpha value is -1.31. The molecule has 0 bridgehead atoms. The van der Waals surface area contributed by atoms with Gasteiger partial charge in [0.05, 0.1) is 5.52 Å². The lowest BCUT2D eigenvalue weighted by atomic mass is 10.0. The lowest BCUT2D eigenvalue weighted by molar-refractivity contribution is 0.626. The summed E-state index contributed by atoms with van der Waals surface area (Å²) in [6.07, 6.45) is 2.07. The van der Waals surface area contributed by atoms with Crippen LogP contribution in [0.2, 0.25) is 0 Å². The van der Waals surface area contributed by atoms with Crippen molar-refractivity contribution in [3.05, 3.63) is 35.8 Å². The van der Waals surface area contributed by atoms with Gasteiger partial charge in [-0.15, -0.1) is 0 Å². The zero-order valence-electron chi connectivity index (χ0n) is 9.42. The number of fused-ring (bicyclic) bond motifs is 1. The molecule has 1 aromatic carbocycles. The molecule has 0 aliphatic heterocycles. The Balaban J connectivity index is 2.81. The van der Waals surface area contributed by atoms with Crippen molar-refractivity contribution in [2.45, 2.75) is 33.2 Å². The average molecular weight is 205 g/mol. The maximum atomic E-state index is 13.7. The van der Waals surface area contributed by atoms with E-state index in [1.54, 1.807) is 6.07 Å². The molecular weight excluding hydrogens is 189 g/mol. The van der Waals surface area contributed by atoms with Gasteiger partial charge in [0, 0.05) is 18.1 Å². The Bertz CT molecular complexity index is 482. The van der Waals surface area contributed by atoms with E-state index in [-0.39, 0.29) is 5.82 Å². The first-order valence-corrected chi connectivity index (χ1v) is 5.42. The first-order valence-electron chi connectivity index (χ1n) is 5.42. The highest BCUT2D eigenvalue weighted by Crippen LogP contribution is 2.28. The van der Waals surface area contributed by atoms with E-state index in [1.807, 2.05) is 17.6 Å². The zero-order valence-corrected chi connectivity index (χ0v) is 9.42. The van der Waals surface area contributed by atoms with Crippen molar-refractivity contribution >= 4 is 10.9 Å². The number of hydrogen-bond acceptors (Lipinski definition) is 0. The van der Waals surface area contributed by atoms with Gasteiger partial charge in [-0.05, 0) is 24.5 Å². The second-order valence-corrected chi connectivity index (χ2v) is 4.16. The molecule has 2 heteroatoms. The Morgan fingerprint density at radius 2 is 2.07 bits per heavy atom. The standard InChI is InChI=1S/C13H16FN/c1-4-15-8-11(9(2)3)10-6-5-7-12(14)13(10)15/h5-9H,4H2,1-3H3. The largest absolute Gasteiger partial charge is 0.345 e. The minimum absolute atomic E-state index is 0.124. The second-order valence-electron chi connectivity index (χ2n) is 4.16. The molecule has 1 heterocycles. The predicted molar refractivity (Wildman–Crippen MR) is 61.7 cm³/mol. The second kappa shape index (κ2) is 3.69. The molecule has 1 nitrogen and oxygen atoms in total. The number of hydrogen-bond donors (Lipinski definition) is 0. The summed E-state index contributed by atoms with van der Waals surface area (Å²) in [5.74, 6) is 0.309. The summed E-state index contributed by atoms with van der Waals surface area (Å²) >= 11 is 0. The molecule has 15 heavy (non-hydrogen) atoms. The molecule has 0 amide bonds. The van der Waals surface area contributed by atoms with Crippen molar-refractivity contribution in [2.24, 2.45) is 0 Å². The van der Waals surface area contributed by atoms with Gasteiger partial charge >= 0.3 is 0 Å². The van der Waals surface area contributed by atoms with Crippen LogP contribution in [0.4, 0.5) is 4.39 Å². The first kappa shape index (κ1) is 10.2. The predicted octanol–water partition coefficient (Wildman–Crippen LogP) is 3.92. The van der Waals surface area contributed by atoms with Crippen LogP contribution in [0.25, 0.3) is 10.9 Å². The molecule has 0 saturated heterocycles. The molecule has 2 rings (SSSR count). The number of halogens is 1. The third-order valence-electron chi connectivity index (χ3n) is 2.84. The maximum absolute atomic E-state index is 13.7. The summed E-state index contributed by atoms with van der Waals surface area (Å²) in [5, 5.41) is 1.05. The van der Waals surface area contributed by atoms with Gasteiger partial charge in [-0.1, -0.05) is 26.0 Å². The molecule has 0 N–H and O–H groups in total. The van der Waals surface area contributed by atoms with E-state index >= 15 is 0 Å². The molecule has 0 aliphatic rings. The van der Waals surface area contributed by atoms with Crippen LogP contribution in [0, 0.1) is 5.82 Å². The normalized spacial score (nSPS) is 11.5. The number of benzene rings is 1. The highest BCUT2D eigenvalue weighted by molar-refractivity contribution is 5.85. The molecule has 0 aliphatic carbocycles. The van der Waals surface area contributed by atoms with Crippen molar-refractivity contribution in [3.8, 4) is 0 Å². The number of rotatable bonds is 2. The number of aryl methyl sites for hydroxylation is 1. The van der Waals surface area contributed by atoms with Gasteiger partial charge in [0.25, 0.3) is 0 Å². The maximum Gasteiger partial charge on any atom is 0.147 e. The van der Waals surface area contributed by atoms with Crippen molar-refractivity contribution in [1.29, 1.82) is 0 Å². The van der Waals surface area contributed by atoms with E-state index in [1.165, 1.54) is 11.6 Å². The fourth-order valence-corrected chi connectivity index (χ4v) is 2.05. The Labute approximate surface area is 89.5 Å². The summed E-state index contributed by atoms with van der Waals surface area (Å²) in [5.41, 5.74) is 1.97. The van der Waals surface area contributed by atoms with Crippen LogP contribution in [-0.2, 0) is 6.54 Å². The lowest BCUT2D eigenvalue weighted by Gasteiger charge is -2.01. The molecule has 80 valence electrons. The summed E-state index contributed by atoms with van der Waals surface area (Å²) < 4.78 is 15.7. The molecule has 0 spiro atoms. The third kappa shape index (κ3) is 1.54. The molecule has 1 aromatic heterocycles. The highest BCUT2D eigenvalue weighted by Gasteiger charge is 2.12. The SMILES string of the molecule is CCn1cc(C(C)C)c2cccc(F)c21. The summed E-state index contributed by atoms with van der Waals surface area (Å²) in [4.78, 5) is 0. The van der Waals surface area contributed by atoms with Crippen LogP contribution in [0.3, 0.4) is 0 Å². The van der Waals surface area contributed by atoms with Gasteiger partial charge < -0.3 is 4.57 Å². The number of para-hydroxylation sites is 1. The van der Waals surface area contributed by atoms with Gasteiger partial charge in [0.2, 0.25) is 0 Å². The zero-order chi connectivity index (χ0) is 11.0. The van der Waals surface area contributed by atoms with Gasteiger partial charge in [-0.3, -0.25) is 0 Å². The van der Waals surface area contributed by atoms with Gasteiger partial charge in [0.15, 0.2) is 0 Å². The van der Waals surface area contributed by atoms with Crippen molar-refractivity contribution in [3.63, 3.8) is 0 Å². The molecular formula is C13H16FN. The van der Waals surface area contributed by atoms with Crippen LogP contribution in [0.1, 0.15) is 32.3 Å². The molecule has 0 fully saturated rings. The monoisotopic (exact) mass is 205 g/mol. The summed E-state index contributed by atoms with van der Waals surface area (Å²) in [6.45, 7) is 7.12. The van der Waals surface area contributed by atoms with Crippen LogP contribution >= 0.6 is 0 Å². The van der Waals surface area contributed by atoms with E-state index in [4.69, 9.17) is 0 Å². The Morgan fingerprint density at radius 3 is 2.67 bits per heavy atom. The van der Waals surface area contributed by atoms with Crippen molar-refractivity contribution < 1.29 is 4.39 Å². The quantitative estimate of drug-likeness (QED) is 0.700. The smallest absolute Gasteiger partial charge is 0.147 e. The van der Waals surface area contributed by atoms with Crippen molar-refractivity contribution in [1.82, 2.24) is 4.57 Å². The average Bonchev–Trinajstić information content (AvgIpc) is 2.58. The molecule has 0 saturated carbocycles. The minimum atomic E-state index is -0.124. The Morgan fingerprint density at radius 1 is 1.33 bits per heavy atom. The highest BCUT2D eigenvalue weighted by atomic mass is 19.1. The van der Waals surface area contributed by atoms with Crippen LogP contribution in [0.15, 0.2) is 24.4 Å². The fourth-order valence-electron chi connectivity index (χ4n) is 2.05. The van der Waals surface area contributed by atoms with E-state index in [9.17, 15) is 4.39 Å². The number of aromatic nitrogens is 1. The molecule has 0 atom stereocenters. The topological polar surface area (TPSA) is 4.93 Å². The fraction of sp³-hybridized carbons (Fsp3) is 0.385. The molecule has 0 radical (unpaired) electrons. The van der Waals surface area contributed by atoms with E-state index < -0.39 is 0 Å².